The highest BCUT2D eigenvalue weighted by Crippen LogP contribution is 2.52. The van der Waals surface area contributed by atoms with Crippen LogP contribution in [0.15, 0.2) is 109 Å². The fourth-order valence-corrected chi connectivity index (χ4v) is 10.5. The van der Waals surface area contributed by atoms with Gasteiger partial charge in [0.1, 0.15) is 33.0 Å². The molecule has 6 nitrogen and oxygen atoms in total. The van der Waals surface area contributed by atoms with Gasteiger partial charge in [-0.15, -0.1) is 34.0 Å². The number of rotatable bonds is 22. The van der Waals surface area contributed by atoms with Gasteiger partial charge in [0, 0.05) is 32.1 Å². The van der Waals surface area contributed by atoms with Gasteiger partial charge < -0.3 is 28.7 Å². The first-order valence-corrected chi connectivity index (χ1v) is 23.0. The third kappa shape index (κ3) is 10.1. The maximum Gasteiger partial charge on any atom is 0.119 e. The third-order valence-corrected chi connectivity index (χ3v) is 13.4. The molecular formula is C48H54N2O4S3. The first-order chi connectivity index (χ1) is 28.1. The summed E-state index contributed by atoms with van der Waals surface area (Å²) in [6, 6.07) is 38.7. The lowest BCUT2D eigenvalue weighted by Crippen LogP contribution is -2.08. The molecule has 0 aliphatic rings. The number of fused-ring (bicyclic) bond motifs is 3. The molecule has 0 saturated carbocycles. The largest absolute Gasteiger partial charge is 0.494 e. The van der Waals surface area contributed by atoms with Crippen LogP contribution >= 0.6 is 34.0 Å². The molecule has 3 aromatic heterocycles. The second-order valence-corrected chi connectivity index (χ2v) is 17.3. The van der Waals surface area contributed by atoms with E-state index in [1.807, 2.05) is 34.0 Å². The highest BCUT2D eigenvalue weighted by atomic mass is 32.1. The quantitative estimate of drug-likeness (QED) is 0.0635. The molecule has 7 rings (SSSR count). The molecule has 0 aliphatic heterocycles. The maximum absolute atomic E-state index is 6.03. The smallest absolute Gasteiger partial charge is 0.119 e. The minimum Gasteiger partial charge on any atom is -0.494 e. The molecule has 9 heteroatoms. The standard InChI is InChI=1S/C48H54N2O4S3/c1-5-9-29-51-39-21-13-35(14-22-39)49(36-15-23-40(24-16-36)52-30-10-6-2)45-33-43-47(56-45)48-44(55-43)34-46(57-48)50(37-17-25-41(26-18-37)53-31-11-7-3)38-19-27-42(28-20-38)54-32-12-8-4/h13-28,33-34H,5-12,29-32H2,1-4H3. The molecule has 7 aromatic rings. The fraction of sp³-hybridized carbons (Fsp3) is 0.333. The molecular weight excluding hydrogens is 765 g/mol. The molecule has 3 heterocycles. The molecule has 0 N–H and O–H groups in total. The van der Waals surface area contributed by atoms with Gasteiger partial charge in [-0.25, -0.2) is 0 Å². The Morgan fingerprint density at radius 1 is 0.368 bits per heavy atom. The molecule has 4 aromatic carbocycles. The fourth-order valence-electron chi connectivity index (χ4n) is 6.44. The summed E-state index contributed by atoms with van der Waals surface area (Å²) in [6.45, 7) is 11.7. The lowest BCUT2D eigenvalue weighted by Gasteiger charge is -2.24. The van der Waals surface area contributed by atoms with Crippen molar-refractivity contribution in [2.45, 2.75) is 79.1 Å². The van der Waals surface area contributed by atoms with Gasteiger partial charge in [0.25, 0.3) is 0 Å². The average Bonchev–Trinajstić information content (AvgIpc) is 3.92. The van der Waals surface area contributed by atoms with Crippen molar-refractivity contribution in [2.75, 3.05) is 36.2 Å². The van der Waals surface area contributed by atoms with Gasteiger partial charge in [-0.2, -0.15) is 0 Å². The zero-order valence-electron chi connectivity index (χ0n) is 33.6. The minimum absolute atomic E-state index is 0.730. The predicted octanol–water partition coefficient (Wildman–Crippen LogP) is 15.8. The minimum atomic E-state index is 0.730. The van der Waals surface area contributed by atoms with E-state index in [0.29, 0.717) is 0 Å². The van der Waals surface area contributed by atoms with Gasteiger partial charge in [0.2, 0.25) is 0 Å². The zero-order chi connectivity index (χ0) is 39.4. The number of anilines is 6. The Morgan fingerprint density at radius 3 is 0.877 bits per heavy atom. The average molecular weight is 819 g/mol. The van der Waals surface area contributed by atoms with Crippen LogP contribution in [0.1, 0.15) is 79.1 Å². The van der Waals surface area contributed by atoms with Crippen LogP contribution in [-0.4, -0.2) is 26.4 Å². The summed E-state index contributed by atoms with van der Waals surface area (Å²) in [4.78, 5) is 4.70. The van der Waals surface area contributed by atoms with Gasteiger partial charge in [0.05, 0.1) is 35.8 Å². The summed E-state index contributed by atoms with van der Waals surface area (Å²) in [5.74, 6) is 3.59. The molecule has 0 aliphatic carbocycles. The summed E-state index contributed by atoms with van der Waals surface area (Å²) in [5.41, 5.74) is 4.35. The molecule has 0 spiro atoms. The van der Waals surface area contributed by atoms with E-state index >= 15 is 0 Å². The summed E-state index contributed by atoms with van der Waals surface area (Å²) in [5, 5.41) is 2.34. The van der Waals surface area contributed by atoms with Crippen LogP contribution < -0.4 is 28.7 Å². The van der Waals surface area contributed by atoms with Crippen molar-refractivity contribution >= 4 is 85.6 Å². The molecule has 0 fully saturated rings. The Bertz CT molecular complexity index is 1990. The Hall–Kier alpha value is -4.70. The van der Waals surface area contributed by atoms with Gasteiger partial charge in [-0.1, -0.05) is 53.4 Å². The van der Waals surface area contributed by atoms with E-state index in [2.05, 4.69) is 147 Å². The predicted molar refractivity (Wildman–Crippen MR) is 246 cm³/mol. The van der Waals surface area contributed by atoms with E-state index in [4.69, 9.17) is 18.9 Å². The van der Waals surface area contributed by atoms with Crippen LogP contribution in [0, 0.1) is 0 Å². The van der Waals surface area contributed by atoms with Crippen LogP contribution in [-0.2, 0) is 0 Å². The number of thiophene rings is 3. The topological polar surface area (TPSA) is 43.4 Å². The SMILES string of the molecule is CCCCOc1ccc(N(c2ccc(OCCCC)cc2)c2cc3sc4cc(N(c5ccc(OCCCC)cc5)c5ccc(OCCCC)cc5)sc4c3s2)cc1. The van der Waals surface area contributed by atoms with Gasteiger partial charge in [-0.3, -0.25) is 0 Å². The number of ether oxygens (including phenoxy) is 4. The monoisotopic (exact) mass is 818 g/mol. The van der Waals surface area contributed by atoms with Crippen molar-refractivity contribution < 1.29 is 18.9 Å². The van der Waals surface area contributed by atoms with Crippen molar-refractivity contribution in [2.24, 2.45) is 0 Å². The molecule has 298 valence electrons. The van der Waals surface area contributed by atoms with E-state index in [1.54, 1.807) is 0 Å². The molecule has 0 amide bonds. The van der Waals surface area contributed by atoms with E-state index in [9.17, 15) is 0 Å². The van der Waals surface area contributed by atoms with Crippen LogP contribution in [0.5, 0.6) is 23.0 Å². The van der Waals surface area contributed by atoms with E-state index in [0.717, 1.165) is 124 Å². The lowest BCUT2D eigenvalue weighted by atomic mass is 10.2. The first-order valence-electron chi connectivity index (χ1n) is 20.6. The van der Waals surface area contributed by atoms with Crippen LogP contribution in [0.4, 0.5) is 32.8 Å². The van der Waals surface area contributed by atoms with Crippen molar-refractivity contribution in [1.29, 1.82) is 0 Å². The maximum atomic E-state index is 6.03. The molecule has 0 radical (unpaired) electrons. The summed E-state index contributed by atoms with van der Waals surface area (Å²) in [6.07, 6.45) is 8.63. The van der Waals surface area contributed by atoms with Gasteiger partial charge in [0.15, 0.2) is 0 Å². The molecule has 0 bridgehead atoms. The Balaban J connectivity index is 1.23. The van der Waals surface area contributed by atoms with Crippen molar-refractivity contribution in [3.63, 3.8) is 0 Å². The molecule has 57 heavy (non-hydrogen) atoms. The summed E-state index contributed by atoms with van der Waals surface area (Å²) in [7, 11) is 0. The van der Waals surface area contributed by atoms with Crippen molar-refractivity contribution in [3.05, 3.63) is 109 Å². The van der Waals surface area contributed by atoms with Crippen molar-refractivity contribution in [1.82, 2.24) is 0 Å². The van der Waals surface area contributed by atoms with Crippen molar-refractivity contribution in [3.8, 4) is 23.0 Å². The molecule has 0 saturated heterocycles. The van der Waals surface area contributed by atoms with Crippen LogP contribution in [0.2, 0.25) is 0 Å². The van der Waals surface area contributed by atoms with E-state index in [1.165, 1.54) is 28.8 Å². The number of unbranched alkanes of at least 4 members (excludes halogenated alkanes) is 4. The van der Waals surface area contributed by atoms with Crippen LogP contribution in [0.25, 0.3) is 18.8 Å². The Labute approximate surface area is 350 Å². The Morgan fingerprint density at radius 2 is 0.632 bits per heavy atom. The van der Waals surface area contributed by atoms with Gasteiger partial charge in [-0.05, 0) is 135 Å². The second-order valence-electron chi connectivity index (χ2n) is 14.1. The van der Waals surface area contributed by atoms with Gasteiger partial charge >= 0.3 is 0 Å². The van der Waals surface area contributed by atoms with E-state index < -0.39 is 0 Å². The molecule has 0 unspecified atom stereocenters. The second kappa shape index (κ2) is 20.1. The highest BCUT2D eigenvalue weighted by molar-refractivity contribution is 7.40. The third-order valence-electron chi connectivity index (χ3n) is 9.68. The summed E-state index contributed by atoms with van der Waals surface area (Å²) >= 11 is 5.55. The number of nitrogens with zero attached hydrogens (tertiary/aromatic N) is 2. The van der Waals surface area contributed by atoms with E-state index in [-0.39, 0.29) is 0 Å². The summed E-state index contributed by atoms with van der Waals surface area (Å²) < 4.78 is 29.3. The lowest BCUT2D eigenvalue weighted by molar-refractivity contribution is 0.309. The molecule has 0 atom stereocenters. The highest BCUT2D eigenvalue weighted by Gasteiger charge is 2.22. The Kier molecular flexibility index (Phi) is 14.3. The normalized spacial score (nSPS) is 11.3. The first kappa shape index (κ1) is 40.5. The number of hydrogen-bond acceptors (Lipinski definition) is 9. The number of benzene rings is 4. The number of hydrogen-bond donors (Lipinski definition) is 0. The zero-order valence-corrected chi connectivity index (χ0v) is 36.1. The van der Waals surface area contributed by atoms with Crippen LogP contribution in [0.3, 0.4) is 0 Å².